The minimum Gasteiger partial charge on any atom is -0.274 e. The molecule has 0 atom stereocenters. The van der Waals surface area contributed by atoms with Crippen LogP contribution in [-0.2, 0) is 4.79 Å². The van der Waals surface area contributed by atoms with E-state index in [9.17, 15) is 9.59 Å². The number of rotatable bonds is 4. The van der Waals surface area contributed by atoms with E-state index in [0.717, 1.165) is 16.7 Å². The van der Waals surface area contributed by atoms with Gasteiger partial charge in [0.1, 0.15) is 15.9 Å². The highest BCUT2D eigenvalue weighted by molar-refractivity contribution is 8.14. The maximum Gasteiger partial charge on any atom is 0.248 e. The van der Waals surface area contributed by atoms with Gasteiger partial charge in [-0.05, 0) is 30.8 Å². The Morgan fingerprint density at radius 3 is 2.16 bits per heavy atom. The standard InChI is InChI=1S/C23H21ClN4O2S/c1-4-18(29)27-20(15-8-6-14(3)7-9-15)25-21-23(27)31-22(26-28(21)19(30)5-2)16-10-12-17(24)13-11-16/h6-13H,4-5H2,1-3H3. The van der Waals surface area contributed by atoms with E-state index in [1.807, 2.05) is 50.2 Å². The van der Waals surface area contributed by atoms with Gasteiger partial charge >= 0.3 is 0 Å². The van der Waals surface area contributed by atoms with Gasteiger partial charge in [-0.3, -0.25) is 14.2 Å². The molecule has 1 amide bonds. The molecule has 8 heteroatoms. The number of benzene rings is 2. The lowest BCUT2D eigenvalue weighted by Gasteiger charge is -2.22. The number of hydrogen-bond donors (Lipinski definition) is 0. The summed E-state index contributed by atoms with van der Waals surface area (Å²) in [5.74, 6) is 0.591. The second-order valence-corrected chi connectivity index (χ2v) is 8.50. The Kier molecular flexibility index (Phi) is 5.98. The molecule has 1 aliphatic rings. The largest absolute Gasteiger partial charge is 0.274 e. The zero-order valence-corrected chi connectivity index (χ0v) is 19.0. The minimum atomic E-state index is -0.197. The number of anilines is 1. The molecule has 0 bridgehead atoms. The summed E-state index contributed by atoms with van der Waals surface area (Å²) in [5, 5.41) is 7.69. The predicted octanol–water partition coefficient (Wildman–Crippen LogP) is 5.77. The number of aromatic nitrogens is 2. The van der Waals surface area contributed by atoms with Gasteiger partial charge in [0, 0.05) is 29.0 Å². The summed E-state index contributed by atoms with van der Waals surface area (Å²) in [6.45, 7) is 5.59. The molecule has 0 aliphatic carbocycles. The average Bonchev–Trinajstić information content (AvgIpc) is 3.17. The van der Waals surface area contributed by atoms with Crippen LogP contribution in [0.2, 0.25) is 5.02 Å². The summed E-state index contributed by atoms with van der Waals surface area (Å²) >= 11 is 7.36. The molecule has 158 valence electrons. The van der Waals surface area contributed by atoms with Crippen LogP contribution in [0.1, 0.15) is 42.6 Å². The highest BCUT2D eigenvalue weighted by atomic mass is 35.5. The van der Waals surface area contributed by atoms with E-state index in [1.165, 1.54) is 16.8 Å². The Bertz CT molecular complexity index is 1180. The average molecular weight is 453 g/mol. The summed E-state index contributed by atoms with van der Waals surface area (Å²) in [5.41, 5.74) is 2.72. The quantitative estimate of drug-likeness (QED) is 0.503. The third-order valence-corrected chi connectivity index (χ3v) is 6.22. The van der Waals surface area contributed by atoms with Crippen molar-refractivity contribution in [3.05, 3.63) is 64.7 Å². The van der Waals surface area contributed by atoms with Gasteiger partial charge in [-0.1, -0.05) is 67.4 Å². The maximum absolute atomic E-state index is 13.0. The maximum atomic E-state index is 13.0. The summed E-state index contributed by atoms with van der Waals surface area (Å²) in [7, 11) is 0. The fourth-order valence-electron chi connectivity index (χ4n) is 3.19. The van der Waals surface area contributed by atoms with E-state index in [4.69, 9.17) is 16.6 Å². The third-order valence-electron chi connectivity index (χ3n) is 4.89. The van der Waals surface area contributed by atoms with Crippen LogP contribution in [0.3, 0.4) is 0 Å². The number of aryl methyl sites for hydroxylation is 1. The van der Waals surface area contributed by atoms with Gasteiger partial charge in [0.2, 0.25) is 11.8 Å². The number of carbonyl (C=O) groups excluding carboxylic acids is 2. The fraction of sp³-hybridized carbons (Fsp3) is 0.217. The van der Waals surface area contributed by atoms with Crippen molar-refractivity contribution in [2.24, 2.45) is 5.10 Å². The molecule has 31 heavy (non-hydrogen) atoms. The molecule has 6 nitrogen and oxygen atoms in total. The van der Waals surface area contributed by atoms with Crippen molar-refractivity contribution in [1.82, 2.24) is 9.55 Å². The van der Waals surface area contributed by atoms with Crippen LogP contribution >= 0.6 is 23.4 Å². The van der Waals surface area contributed by atoms with E-state index in [0.29, 0.717) is 33.2 Å². The Hall–Kier alpha value is -2.90. The molecular weight excluding hydrogens is 432 g/mol. The topological polar surface area (TPSA) is 67.6 Å². The lowest BCUT2D eigenvalue weighted by molar-refractivity contribution is -0.118. The van der Waals surface area contributed by atoms with Crippen molar-refractivity contribution >= 4 is 46.0 Å². The molecular formula is C23H21ClN4O2S. The molecule has 1 aliphatic heterocycles. The molecule has 2 heterocycles. The summed E-state index contributed by atoms with van der Waals surface area (Å²) in [6.07, 6.45) is 0.563. The fourth-order valence-corrected chi connectivity index (χ4v) is 4.38. The van der Waals surface area contributed by atoms with Crippen LogP contribution in [0.25, 0.3) is 11.4 Å². The number of carbonyl (C=O) groups is 2. The second kappa shape index (κ2) is 8.69. The Morgan fingerprint density at radius 2 is 1.55 bits per heavy atom. The van der Waals surface area contributed by atoms with Crippen LogP contribution in [0.5, 0.6) is 0 Å². The first-order valence-corrected chi connectivity index (χ1v) is 11.2. The van der Waals surface area contributed by atoms with E-state index in [-0.39, 0.29) is 18.2 Å². The second-order valence-electron chi connectivity index (χ2n) is 7.09. The van der Waals surface area contributed by atoms with Crippen LogP contribution in [0.4, 0.5) is 5.82 Å². The zero-order chi connectivity index (χ0) is 22.1. The summed E-state index contributed by atoms with van der Waals surface area (Å²) < 4.78 is 1.60. The number of hydrazone groups is 1. The smallest absolute Gasteiger partial charge is 0.248 e. The van der Waals surface area contributed by atoms with Crippen LogP contribution in [0.15, 0.2) is 58.7 Å². The monoisotopic (exact) mass is 452 g/mol. The van der Waals surface area contributed by atoms with Gasteiger partial charge in [-0.15, -0.1) is 0 Å². The van der Waals surface area contributed by atoms with E-state index in [1.54, 1.807) is 23.6 Å². The first-order chi connectivity index (χ1) is 14.9. The zero-order valence-electron chi connectivity index (χ0n) is 17.4. The first-order valence-electron chi connectivity index (χ1n) is 10.0. The number of hydrogen-bond acceptors (Lipinski definition) is 5. The molecule has 0 N–H and O–H groups in total. The summed E-state index contributed by atoms with van der Waals surface area (Å²) in [4.78, 5) is 30.5. The first kappa shape index (κ1) is 21.3. The number of fused-ring (bicyclic) bond motifs is 1. The molecule has 0 radical (unpaired) electrons. The van der Waals surface area contributed by atoms with Gasteiger partial charge in [-0.25, -0.2) is 4.98 Å². The molecule has 3 aromatic rings. The molecule has 0 spiro atoms. The number of thioether (sulfide) groups is 1. The van der Waals surface area contributed by atoms with Crippen molar-refractivity contribution in [3.8, 4) is 11.4 Å². The van der Waals surface area contributed by atoms with E-state index >= 15 is 0 Å². The number of amides is 1. The van der Waals surface area contributed by atoms with Crippen molar-refractivity contribution in [2.75, 3.05) is 5.01 Å². The molecule has 0 saturated carbocycles. The van der Waals surface area contributed by atoms with Gasteiger partial charge < -0.3 is 0 Å². The molecule has 1 aromatic heterocycles. The van der Waals surface area contributed by atoms with Gasteiger partial charge in [0.15, 0.2) is 5.82 Å². The Morgan fingerprint density at radius 1 is 0.935 bits per heavy atom. The van der Waals surface area contributed by atoms with E-state index < -0.39 is 0 Å². The molecule has 0 unspecified atom stereocenters. The van der Waals surface area contributed by atoms with Crippen LogP contribution in [-0.4, -0.2) is 26.4 Å². The number of nitrogens with zero attached hydrogens (tertiary/aromatic N) is 4. The molecule has 0 saturated heterocycles. The van der Waals surface area contributed by atoms with Crippen molar-refractivity contribution in [3.63, 3.8) is 0 Å². The molecule has 0 fully saturated rings. The van der Waals surface area contributed by atoms with Crippen molar-refractivity contribution in [2.45, 2.75) is 38.6 Å². The van der Waals surface area contributed by atoms with Crippen molar-refractivity contribution in [1.29, 1.82) is 0 Å². The normalized spacial score (nSPS) is 13.0. The molecule has 2 aromatic carbocycles. The van der Waals surface area contributed by atoms with Crippen LogP contribution in [0, 0.1) is 6.92 Å². The van der Waals surface area contributed by atoms with Gasteiger partial charge in [0.05, 0.1) is 0 Å². The lowest BCUT2D eigenvalue weighted by atomic mass is 10.1. The van der Waals surface area contributed by atoms with Gasteiger partial charge in [-0.2, -0.15) is 10.1 Å². The highest BCUT2D eigenvalue weighted by Crippen LogP contribution is 2.41. The summed E-state index contributed by atoms with van der Waals surface area (Å²) in [6, 6.07) is 15.0. The molecule has 4 rings (SSSR count). The number of halogens is 1. The number of imidazole rings is 1. The van der Waals surface area contributed by atoms with Crippen molar-refractivity contribution < 1.29 is 9.59 Å². The minimum absolute atomic E-state index is 0.0990. The Labute approximate surface area is 189 Å². The van der Waals surface area contributed by atoms with Crippen LogP contribution < -0.4 is 5.01 Å². The lowest BCUT2D eigenvalue weighted by Crippen LogP contribution is -2.29. The SMILES string of the molecule is CCC(=O)N1N=C(c2ccc(Cl)cc2)Sc2c1nc(-c1ccc(C)cc1)n2C(=O)CC. The highest BCUT2D eigenvalue weighted by Gasteiger charge is 2.33. The van der Waals surface area contributed by atoms with E-state index in [2.05, 4.69) is 5.10 Å². The Balaban J connectivity index is 1.91. The van der Waals surface area contributed by atoms with Gasteiger partial charge in [0.25, 0.3) is 0 Å². The predicted molar refractivity (Wildman–Crippen MR) is 125 cm³/mol. The third kappa shape index (κ3) is 4.03.